The largest absolute Gasteiger partial charge is 0.364 e. The van der Waals surface area contributed by atoms with Crippen LogP contribution in [0.1, 0.15) is 26.7 Å². The molecule has 0 aliphatic heterocycles. The van der Waals surface area contributed by atoms with Crippen LogP contribution < -0.4 is 5.32 Å². The van der Waals surface area contributed by atoms with Crippen molar-refractivity contribution in [2.24, 2.45) is 0 Å². The van der Waals surface area contributed by atoms with Crippen LogP contribution in [0.4, 0.5) is 5.82 Å². The zero-order valence-electron chi connectivity index (χ0n) is 10.9. The minimum Gasteiger partial charge on any atom is -0.364 e. The Morgan fingerprint density at radius 3 is 2.78 bits per heavy atom. The Balaban J connectivity index is 2.36. The van der Waals surface area contributed by atoms with Crippen molar-refractivity contribution < 1.29 is 0 Å². The molecule has 1 aromatic heterocycles. The van der Waals surface area contributed by atoms with Gasteiger partial charge < -0.3 is 5.32 Å². The average molecular weight is 263 g/mol. The molecule has 0 spiro atoms. The van der Waals surface area contributed by atoms with E-state index in [1.807, 2.05) is 24.4 Å². The maximum atomic E-state index is 5.89. The monoisotopic (exact) mass is 262 g/mol. The van der Waals surface area contributed by atoms with Crippen molar-refractivity contribution in [2.75, 3.05) is 11.2 Å². The smallest absolute Gasteiger partial charge is 0.134 e. The lowest BCUT2D eigenvalue weighted by atomic mass is 9.95. The molecular weight excluding hydrogens is 244 g/mol. The molecule has 0 aliphatic carbocycles. The van der Waals surface area contributed by atoms with E-state index in [1.54, 1.807) is 0 Å². The highest BCUT2D eigenvalue weighted by Gasteiger charge is 2.22. The van der Waals surface area contributed by atoms with E-state index in [0.717, 1.165) is 24.0 Å². The van der Waals surface area contributed by atoms with E-state index in [9.17, 15) is 0 Å². The van der Waals surface area contributed by atoms with E-state index in [-0.39, 0.29) is 5.54 Å². The van der Waals surface area contributed by atoms with Crippen LogP contribution in [0.15, 0.2) is 36.5 Å². The van der Waals surface area contributed by atoms with Gasteiger partial charge in [-0.05, 0) is 31.2 Å². The number of anilines is 1. The van der Waals surface area contributed by atoms with Crippen molar-refractivity contribution in [1.29, 1.82) is 0 Å². The quantitative estimate of drug-likeness (QED) is 0.806. The number of aromatic nitrogens is 1. The molecule has 0 radical (unpaired) electrons. The van der Waals surface area contributed by atoms with Crippen LogP contribution in [0.25, 0.3) is 10.8 Å². The molecule has 0 saturated heterocycles. The number of hydrogen-bond acceptors (Lipinski definition) is 2. The maximum Gasteiger partial charge on any atom is 0.134 e. The molecule has 3 heteroatoms. The molecule has 1 heterocycles. The highest BCUT2D eigenvalue weighted by Crippen LogP contribution is 2.26. The van der Waals surface area contributed by atoms with Gasteiger partial charge in [-0.25, -0.2) is 4.98 Å². The summed E-state index contributed by atoms with van der Waals surface area (Å²) in [6, 6.07) is 10.3. The second-order valence-corrected chi connectivity index (χ2v) is 5.24. The third kappa shape index (κ3) is 2.75. The van der Waals surface area contributed by atoms with E-state index in [1.165, 1.54) is 5.39 Å². The number of halogens is 1. The molecule has 1 aromatic carbocycles. The first-order chi connectivity index (χ1) is 8.68. The summed E-state index contributed by atoms with van der Waals surface area (Å²) in [4.78, 5) is 4.47. The Morgan fingerprint density at radius 2 is 2.06 bits per heavy atom. The molecule has 2 nitrogen and oxygen atoms in total. The van der Waals surface area contributed by atoms with E-state index in [0.29, 0.717) is 5.88 Å². The lowest BCUT2D eigenvalue weighted by molar-refractivity contribution is 0.480. The molecular formula is C15H19ClN2. The Bertz CT molecular complexity index is 521. The lowest BCUT2D eigenvalue weighted by Crippen LogP contribution is -2.34. The van der Waals surface area contributed by atoms with Gasteiger partial charge in [0.05, 0.1) is 0 Å². The summed E-state index contributed by atoms with van der Waals surface area (Å²) in [6.45, 7) is 4.36. The number of benzene rings is 1. The molecule has 1 unspecified atom stereocenters. The average Bonchev–Trinajstić information content (AvgIpc) is 2.39. The fourth-order valence-electron chi connectivity index (χ4n) is 2.04. The number of rotatable bonds is 5. The third-order valence-corrected chi connectivity index (χ3v) is 3.71. The van der Waals surface area contributed by atoms with E-state index in [2.05, 4.69) is 36.3 Å². The van der Waals surface area contributed by atoms with Crippen LogP contribution >= 0.6 is 11.6 Å². The number of pyridine rings is 1. The molecule has 1 N–H and O–H groups in total. The molecule has 0 aliphatic rings. The molecule has 0 bridgehead atoms. The fourth-order valence-corrected chi connectivity index (χ4v) is 2.46. The lowest BCUT2D eigenvalue weighted by Gasteiger charge is -2.30. The first-order valence-electron chi connectivity index (χ1n) is 6.36. The zero-order valence-corrected chi connectivity index (χ0v) is 11.7. The highest BCUT2D eigenvalue weighted by molar-refractivity contribution is 6.17. The predicted octanol–water partition coefficient (Wildman–Crippen LogP) is 4.44. The van der Waals surface area contributed by atoms with Crippen LogP contribution in [0.3, 0.4) is 0 Å². The number of fused-ring (bicyclic) bond motifs is 1. The second-order valence-electron chi connectivity index (χ2n) is 4.86. The first kappa shape index (κ1) is 13.2. The third-order valence-electron chi connectivity index (χ3n) is 3.52. The van der Waals surface area contributed by atoms with Crippen molar-refractivity contribution in [3.63, 3.8) is 0 Å². The molecule has 96 valence electrons. The summed E-state index contributed by atoms with van der Waals surface area (Å²) < 4.78 is 0. The Labute approximate surface area is 113 Å². The standard InChI is InChI=1S/C15H19ClN2/c1-3-15(2,9-10-16)18-14-13-7-5-4-6-12(13)8-11-17-14/h4-8,11H,3,9-10H2,1-2H3,(H,17,18). The molecule has 18 heavy (non-hydrogen) atoms. The van der Waals surface area contributed by atoms with Crippen LogP contribution in [0, 0.1) is 0 Å². The number of nitrogens with one attached hydrogen (secondary N) is 1. The summed E-state index contributed by atoms with van der Waals surface area (Å²) in [5.74, 6) is 1.60. The Kier molecular flexibility index (Phi) is 4.07. The summed E-state index contributed by atoms with van der Waals surface area (Å²) in [5, 5.41) is 5.92. The second kappa shape index (κ2) is 5.57. The fraction of sp³-hybridized carbons (Fsp3) is 0.400. The summed E-state index contributed by atoms with van der Waals surface area (Å²) in [6.07, 6.45) is 3.79. The minimum absolute atomic E-state index is 0.00112. The first-order valence-corrected chi connectivity index (χ1v) is 6.90. The van der Waals surface area contributed by atoms with Gasteiger partial charge in [-0.1, -0.05) is 31.2 Å². The maximum absolute atomic E-state index is 5.89. The SMILES string of the molecule is CCC(C)(CCCl)Nc1nccc2ccccc12. The van der Waals surface area contributed by atoms with Gasteiger partial charge in [0.15, 0.2) is 0 Å². The van der Waals surface area contributed by atoms with Gasteiger partial charge in [0.25, 0.3) is 0 Å². The van der Waals surface area contributed by atoms with Gasteiger partial charge >= 0.3 is 0 Å². The van der Waals surface area contributed by atoms with E-state index >= 15 is 0 Å². The molecule has 2 rings (SSSR count). The molecule has 0 fully saturated rings. The number of hydrogen-bond donors (Lipinski definition) is 1. The molecule has 0 amide bonds. The Morgan fingerprint density at radius 1 is 1.28 bits per heavy atom. The van der Waals surface area contributed by atoms with Crippen molar-refractivity contribution in [1.82, 2.24) is 4.98 Å². The summed E-state index contributed by atoms with van der Waals surface area (Å²) in [7, 11) is 0. The van der Waals surface area contributed by atoms with E-state index in [4.69, 9.17) is 11.6 Å². The van der Waals surface area contributed by atoms with Crippen molar-refractivity contribution in [3.05, 3.63) is 36.5 Å². The number of alkyl halides is 1. The van der Waals surface area contributed by atoms with Crippen molar-refractivity contribution >= 4 is 28.2 Å². The van der Waals surface area contributed by atoms with Crippen LogP contribution in [-0.2, 0) is 0 Å². The topological polar surface area (TPSA) is 24.9 Å². The molecule has 0 saturated carbocycles. The van der Waals surface area contributed by atoms with Gasteiger partial charge in [-0.15, -0.1) is 11.6 Å². The molecule has 1 atom stereocenters. The zero-order chi connectivity index (χ0) is 13.0. The minimum atomic E-state index is -0.00112. The summed E-state index contributed by atoms with van der Waals surface area (Å²) in [5.41, 5.74) is -0.00112. The van der Waals surface area contributed by atoms with Crippen LogP contribution in [0.2, 0.25) is 0 Å². The summed E-state index contributed by atoms with van der Waals surface area (Å²) >= 11 is 5.89. The highest BCUT2D eigenvalue weighted by atomic mass is 35.5. The van der Waals surface area contributed by atoms with Gasteiger partial charge in [-0.2, -0.15) is 0 Å². The van der Waals surface area contributed by atoms with Gasteiger partial charge in [0, 0.05) is 23.0 Å². The van der Waals surface area contributed by atoms with Crippen LogP contribution in [-0.4, -0.2) is 16.4 Å². The molecule has 2 aromatic rings. The normalized spacial score (nSPS) is 14.4. The van der Waals surface area contributed by atoms with Crippen molar-refractivity contribution in [2.45, 2.75) is 32.2 Å². The number of nitrogens with zero attached hydrogens (tertiary/aromatic N) is 1. The Hall–Kier alpha value is -1.28. The van der Waals surface area contributed by atoms with Gasteiger partial charge in [0.2, 0.25) is 0 Å². The van der Waals surface area contributed by atoms with Gasteiger partial charge in [-0.3, -0.25) is 0 Å². The van der Waals surface area contributed by atoms with Crippen LogP contribution in [0.5, 0.6) is 0 Å². The van der Waals surface area contributed by atoms with Crippen molar-refractivity contribution in [3.8, 4) is 0 Å². The predicted molar refractivity (Wildman–Crippen MR) is 79.4 cm³/mol. The van der Waals surface area contributed by atoms with Gasteiger partial charge in [0.1, 0.15) is 5.82 Å². The van der Waals surface area contributed by atoms with E-state index < -0.39 is 0 Å².